The van der Waals surface area contributed by atoms with Gasteiger partial charge in [-0.25, -0.2) is 13.2 Å². The van der Waals surface area contributed by atoms with Crippen molar-refractivity contribution in [2.75, 3.05) is 11.0 Å². The van der Waals surface area contributed by atoms with E-state index in [4.69, 9.17) is 4.74 Å². The minimum absolute atomic E-state index is 0.109. The van der Waals surface area contributed by atoms with E-state index in [1.807, 2.05) is 6.07 Å². The highest BCUT2D eigenvalue weighted by molar-refractivity contribution is 7.92. The molecule has 1 aromatic heterocycles. The van der Waals surface area contributed by atoms with E-state index in [0.717, 1.165) is 6.26 Å². The van der Waals surface area contributed by atoms with Crippen LogP contribution in [0.3, 0.4) is 0 Å². The molecule has 0 bridgehead atoms. The lowest BCUT2D eigenvalue weighted by Crippen LogP contribution is -2.24. The summed E-state index contributed by atoms with van der Waals surface area (Å²) in [6, 6.07) is 12.9. The lowest BCUT2D eigenvalue weighted by Gasteiger charge is -2.12. The number of hydrogen-bond acceptors (Lipinski definition) is 6. The number of H-pyrrole nitrogens is 1. The summed E-state index contributed by atoms with van der Waals surface area (Å²) in [6.07, 6.45) is 0.00784. The number of esters is 1. The third-order valence-electron chi connectivity index (χ3n) is 3.79. The molecule has 3 rings (SSSR count). The summed E-state index contributed by atoms with van der Waals surface area (Å²) in [5, 5.41) is 7.30. The number of sulfonamides is 1. The van der Waals surface area contributed by atoms with E-state index in [9.17, 15) is 18.0 Å². The molecule has 0 fully saturated rings. The Balaban J connectivity index is 1.71. The number of benzene rings is 2. The van der Waals surface area contributed by atoms with Gasteiger partial charge >= 0.3 is 5.97 Å². The molecule has 0 radical (unpaired) electrons. The fraction of sp³-hybridized carbons (Fsp3) is 0.167. The molecule has 3 aromatic rings. The van der Waals surface area contributed by atoms with Crippen LogP contribution < -0.4 is 4.72 Å². The van der Waals surface area contributed by atoms with Crippen molar-refractivity contribution in [1.82, 2.24) is 10.2 Å². The molecule has 2 aromatic carbocycles. The number of anilines is 1. The summed E-state index contributed by atoms with van der Waals surface area (Å²) in [5.74, 6) is -1.11. The van der Waals surface area contributed by atoms with Crippen molar-refractivity contribution in [1.29, 1.82) is 0 Å². The Bertz CT molecular complexity index is 1100. The summed E-state index contributed by atoms with van der Waals surface area (Å²) >= 11 is 0. The number of para-hydroxylation sites is 1. The minimum atomic E-state index is -3.40. The van der Waals surface area contributed by atoms with Gasteiger partial charge in [0.2, 0.25) is 15.8 Å². The second-order valence-corrected chi connectivity index (χ2v) is 7.73. The number of ketones is 1. The number of nitrogens with zero attached hydrogens (tertiary/aromatic N) is 1. The molecular weight excluding hydrogens is 370 g/mol. The Labute approximate surface area is 155 Å². The molecule has 8 nitrogen and oxygen atoms in total. The number of fused-ring (bicyclic) bond motifs is 1. The molecule has 0 saturated heterocycles. The maximum Gasteiger partial charge on any atom is 0.360 e. The molecule has 140 valence electrons. The summed E-state index contributed by atoms with van der Waals surface area (Å²) in [7, 11) is -3.40. The van der Waals surface area contributed by atoms with Gasteiger partial charge < -0.3 is 4.74 Å². The summed E-state index contributed by atoms with van der Waals surface area (Å²) in [5.41, 5.74) is 1.43. The molecule has 0 aliphatic heterocycles. The van der Waals surface area contributed by atoms with Crippen molar-refractivity contribution in [2.45, 2.75) is 13.0 Å². The molecule has 2 N–H and O–H groups in total. The highest BCUT2D eigenvalue weighted by Gasteiger charge is 2.23. The number of hydrogen-bond donors (Lipinski definition) is 2. The first-order valence-corrected chi connectivity index (χ1v) is 9.90. The van der Waals surface area contributed by atoms with Crippen LogP contribution in [0.1, 0.15) is 27.8 Å². The lowest BCUT2D eigenvalue weighted by molar-refractivity contribution is 0.0315. The quantitative estimate of drug-likeness (QED) is 0.495. The third kappa shape index (κ3) is 4.32. The van der Waals surface area contributed by atoms with Crippen LogP contribution in [-0.2, 0) is 14.8 Å². The zero-order chi connectivity index (χ0) is 19.6. The number of aromatic amines is 1. The molecule has 0 aliphatic rings. The maximum atomic E-state index is 12.5. The summed E-state index contributed by atoms with van der Waals surface area (Å²) in [4.78, 5) is 24.8. The molecule has 0 aliphatic carbocycles. The van der Waals surface area contributed by atoms with Crippen LogP contribution in [0.4, 0.5) is 5.69 Å². The van der Waals surface area contributed by atoms with Crippen LogP contribution in [0, 0.1) is 0 Å². The van der Waals surface area contributed by atoms with Crippen molar-refractivity contribution in [2.24, 2.45) is 0 Å². The van der Waals surface area contributed by atoms with Crippen LogP contribution in [-0.4, -0.2) is 42.7 Å². The predicted molar refractivity (Wildman–Crippen MR) is 100 cm³/mol. The van der Waals surface area contributed by atoms with Gasteiger partial charge in [0, 0.05) is 16.6 Å². The van der Waals surface area contributed by atoms with Gasteiger partial charge in [0.1, 0.15) is 0 Å². The van der Waals surface area contributed by atoms with Gasteiger partial charge in [-0.15, -0.1) is 0 Å². The number of carbonyl (C=O) groups excluding carboxylic acids is 2. The monoisotopic (exact) mass is 387 g/mol. The number of ether oxygens (including phenoxy) is 1. The van der Waals surface area contributed by atoms with Crippen LogP contribution in [0.2, 0.25) is 0 Å². The highest BCUT2D eigenvalue weighted by atomic mass is 32.2. The number of nitrogens with one attached hydrogen (secondary N) is 2. The van der Waals surface area contributed by atoms with Crippen molar-refractivity contribution in [3.63, 3.8) is 0 Å². The van der Waals surface area contributed by atoms with Gasteiger partial charge in [0.05, 0.1) is 11.8 Å². The first-order valence-electron chi connectivity index (χ1n) is 8.01. The zero-order valence-corrected chi connectivity index (χ0v) is 15.4. The topological polar surface area (TPSA) is 118 Å². The van der Waals surface area contributed by atoms with Gasteiger partial charge in [-0.1, -0.05) is 18.2 Å². The lowest BCUT2D eigenvalue weighted by atomic mass is 10.1. The molecule has 0 spiro atoms. The Kier molecular flexibility index (Phi) is 4.95. The fourth-order valence-corrected chi connectivity index (χ4v) is 3.10. The highest BCUT2D eigenvalue weighted by Crippen LogP contribution is 2.18. The molecule has 9 heteroatoms. The summed E-state index contributed by atoms with van der Waals surface area (Å²) < 4.78 is 30.0. The molecule has 0 unspecified atom stereocenters. The molecule has 1 heterocycles. The van der Waals surface area contributed by atoms with Crippen molar-refractivity contribution < 1.29 is 22.7 Å². The first-order chi connectivity index (χ1) is 12.7. The number of Topliss-reactive ketones (excluding diaryl/α,β-unsaturated/α-hetero) is 1. The Morgan fingerprint density at radius 1 is 1.11 bits per heavy atom. The number of aromatic nitrogens is 2. The van der Waals surface area contributed by atoms with E-state index >= 15 is 0 Å². The molecule has 0 saturated carbocycles. The van der Waals surface area contributed by atoms with Gasteiger partial charge in [0.15, 0.2) is 11.8 Å². The largest absolute Gasteiger partial charge is 0.449 e. The van der Waals surface area contributed by atoms with Crippen molar-refractivity contribution in [3.8, 4) is 0 Å². The normalized spacial score (nSPS) is 12.5. The molecular formula is C18H17N3O5S. The SMILES string of the molecule is C[C@H](OC(=O)c1n[nH]c2ccccc12)C(=O)c1ccc(NS(C)(=O)=O)cc1. The second kappa shape index (κ2) is 7.20. The number of rotatable bonds is 6. The Morgan fingerprint density at radius 3 is 2.44 bits per heavy atom. The standard InChI is InChI=1S/C18H17N3O5S/c1-11(17(22)12-7-9-13(10-8-12)21-27(2,24)25)26-18(23)16-14-5-3-4-6-15(14)19-20-16/h3-11,21H,1-2H3,(H,19,20)/t11-/m0/s1. The average molecular weight is 387 g/mol. The van der Waals surface area contributed by atoms with Gasteiger partial charge in [-0.05, 0) is 37.3 Å². The van der Waals surface area contributed by atoms with Crippen LogP contribution in [0.25, 0.3) is 10.9 Å². The second-order valence-electron chi connectivity index (χ2n) is 5.98. The van der Waals surface area contributed by atoms with E-state index in [1.165, 1.54) is 31.2 Å². The predicted octanol–water partition coefficient (Wildman–Crippen LogP) is 2.36. The smallest absolute Gasteiger partial charge is 0.360 e. The van der Waals surface area contributed by atoms with Gasteiger partial charge in [-0.2, -0.15) is 5.10 Å². The van der Waals surface area contributed by atoms with Crippen molar-refractivity contribution >= 4 is 38.4 Å². The zero-order valence-electron chi connectivity index (χ0n) is 14.6. The fourth-order valence-electron chi connectivity index (χ4n) is 2.54. The van der Waals surface area contributed by atoms with E-state index in [-0.39, 0.29) is 5.69 Å². The molecule has 1 atom stereocenters. The van der Waals surface area contributed by atoms with Crippen LogP contribution >= 0.6 is 0 Å². The van der Waals surface area contributed by atoms with Crippen molar-refractivity contribution in [3.05, 3.63) is 59.8 Å². The first kappa shape index (κ1) is 18.6. The van der Waals surface area contributed by atoms with Gasteiger partial charge in [-0.3, -0.25) is 14.6 Å². The molecule has 0 amide bonds. The maximum absolute atomic E-state index is 12.5. The van der Waals surface area contributed by atoms with E-state index in [2.05, 4.69) is 14.9 Å². The average Bonchev–Trinajstić information content (AvgIpc) is 3.04. The van der Waals surface area contributed by atoms with Gasteiger partial charge in [0.25, 0.3) is 0 Å². The van der Waals surface area contributed by atoms with Crippen LogP contribution in [0.15, 0.2) is 48.5 Å². The summed E-state index contributed by atoms with van der Waals surface area (Å²) in [6.45, 7) is 1.47. The Morgan fingerprint density at radius 2 is 1.78 bits per heavy atom. The minimum Gasteiger partial charge on any atom is -0.449 e. The number of carbonyl (C=O) groups is 2. The Hall–Kier alpha value is -3.20. The van der Waals surface area contributed by atoms with E-state index in [0.29, 0.717) is 22.2 Å². The van der Waals surface area contributed by atoms with E-state index in [1.54, 1.807) is 18.2 Å². The third-order valence-corrected chi connectivity index (χ3v) is 4.40. The van der Waals surface area contributed by atoms with Crippen LogP contribution in [0.5, 0.6) is 0 Å². The van der Waals surface area contributed by atoms with E-state index < -0.39 is 27.9 Å². The molecule has 27 heavy (non-hydrogen) atoms.